The number of rotatable bonds is 13. The van der Waals surface area contributed by atoms with E-state index in [1.54, 1.807) is 0 Å². The molecule has 0 aromatic carbocycles. The lowest BCUT2D eigenvalue weighted by atomic mass is 10.0. The highest BCUT2D eigenvalue weighted by Crippen LogP contribution is 2.13. The summed E-state index contributed by atoms with van der Waals surface area (Å²) >= 11 is 0. The first kappa shape index (κ1) is 17.7. The van der Waals surface area contributed by atoms with Gasteiger partial charge in [0.25, 0.3) is 0 Å². The molecule has 0 amide bonds. The fourth-order valence-corrected chi connectivity index (χ4v) is 2.37. The molecule has 2 heteroatoms. The molecular weight excluding hydrogens is 220 g/mol. The number of nitrogens with two attached hydrogens (primary N) is 1. The number of unbranched alkanes of at least 4 members (excludes halogenated alkanes) is 8. The molecule has 0 aromatic heterocycles. The van der Waals surface area contributed by atoms with E-state index in [1.165, 1.54) is 69.8 Å². The van der Waals surface area contributed by atoms with Gasteiger partial charge in [-0.15, -0.1) is 6.58 Å². The lowest BCUT2D eigenvalue weighted by molar-refractivity contribution is 0.457. The Morgan fingerprint density at radius 2 is 1.50 bits per heavy atom. The van der Waals surface area contributed by atoms with Gasteiger partial charge < -0.3 is 0 Å². The molecular formula is C16H34N2. The molecule has 0 spiro atoms. The van der Waals surface area contributed by atoms with Crippen LogP contribution in [-0.4, -0.2) is 6.04 Å². The third-order valence-electron chi connectivity index (χ3n) is 3.49. The molecule has 0 aromatic rings. The third-order valence-corrected chi connectivity index (χ3v) is 3.49. The number of hydrogen-bond donors (Lipinski definition) is 2. The van der Waals surface area contributed by atoms with Crippen LogP contribution in [0.4, 0.5) is 0 Å². The van der Waals surface area contributed by atoms with Gasteiger partial charge in [-0.1, -0.05) is 70.3 Å². The summed E-state index contributed by atoms with van der Waals surface area (Å²) in [4.78, 5) is 0. The van der Waals surface area contributed by atoms with Gasteiger partial charge in [0.2, 0.25) is 0 Å². The second kappa shape index (κ2) is 13.1. The fraction of sp³-hybridized carbons (Fsp3) is 0.875. The van der Waals surface area contributed by atoms with Crippen molar-refractivity contribution in [3.63, 3.8) is 0 Å². The first-order valence-corrected chi connectivity index (χ1v) is 7.81. The van der Waals surface area contributed by atoms with Crippen molar-refractivity contribution in [2.24, 2.45) is 5.84 Å². The summed E-state index contributed by atoms with van der Waals surface area (Å²) in [6.45, 7) is 8.28. The van der Waals surface area contributed by atoms with Gasteiger partial charge in [0.15, 0.2) is 0 Å². The summed E-state index contributed by atoms with van der Waals surface area (Å²) in [5.74, 6) is 5.54. The Balaban J connectivity index is 3.25. The van der Waals surface area contributed by atoms with E-state index in [-0.39, 0.29) is 0 Å². The van der Waals surface area contributed by atoms with Gasteiger partial charge in [-0.2, -0.15) is 0 Å². The molecule has 2 nitrogen and oxygen atoms in total. The lowest BCUT2D eigenvalue weighted by Gasteiger charge is -2.15. The van der Waals surface area contributed by atoms with Crippen molar-refractivity contribution in [1.82, 2.24) is 5.43 Å². The van der Waals surface area contributed by atoms with Crippen molar-refractivity contribution in [2.75, 3.05) is 0 Å². The topological polar surface area (TPSA) is 38.0 Å². The minimum absolute atomic E-state index is 0.423. The maximum atomic E-state index is 5.54. The monoisotopic (exact) mass is 254 g/mol. The van der Waals surface area contributed by atoms with E-state index >= 15 is 0 Å². The summed E-state index contributed by atoms with van der Waals surface area (Å²) in [6.07, 6.45) is 14.6. The van der Waals surface area contributed by atoms with Crippen LogP contribution in [0, 0.1) is 0 Å². The van der Waals surface area contributed by atoms with Crippen LogP contribution in [0.15, 0.2) is 12.2 Å². The maximum absolute atomic E-state index is 5.54. The first-order valence-electron chi connectivity index (χ1n) is 7.81. The number of nitrogens with one attached hydrogen (secondary N) is 1. The highest BCUT2D eigenvalue weighted by atomic mass is 15.2. The maximum Gasteiger partial charge on any atom is 0.0247 e. The van der Waals surface area contributed by atoms with E-state index in [4.69, 9.17) is 5.84 Å². The zero-order chi connectivity index (χ0) is 13.6. The molecule has 0 bridgehead atoms. The molecule has 0 saturated heterocycles. The summed E-state index contributed by atoms with van der Waals surface area (Å²) in [5.41, 5.74) is 4.11. The fourth-order valence-electron chi connectivity index (χ4n) is 2.37. The van der Waals surface area contributed by atoms with Gasteiger partial charge in [-0.3, -0.25) is 11.3 Å². The Kier molecular flexibility index (Phi) is 12.9. The van der Waals surface area contributed by atoms with Crippen molar-refractivity contribution < 1.29 is 0 Å². The summed E-state index contributed by atoms with van der Waals surface area (Å²) in [7, 11) is 0. The van der Waals surface area contributed by atoms with Crippen LogP contribution in [0.5, 0.6) is 0 Å². The van der Waals surface area contributed by atoms with Gasteiger partial charge in [-0.25, -0.2) is 0 Å². The molecule has 1 atom stereocenters. The van der Waals surface area contributed by atoms with E-state index in [0.29, 0.717) is 6.04 Å². The molecule has 0 rings (SSSR count). The Morgan fingerprint density at radius 1 is 1.00 bits per heavy atom. The summed E-state index contributed by atoms with van der Waals surface area (Å²) in [6, 6.07) is 0.423. The second-order valence-electron chi connectivity index (χ2n) is 5.64. The predicted octanol–water partition coefficient (Wildman–Crippen LogP) is 4.71. The van der Waals surface area contributed by atoms with Crippen molar-refractivity contribution in [2.45, 2.75) is 90.5 Å². The minimum Gasteiger partial charge on any atom is -0.271 e. The molecule has 0 saturated carbocycles. The summed E-state index contributed by atoms with van der Waals surface area (Å²) in [5, 5.41) is 0. The smallest absolute Gasteiger partial charge is 0.0247 e. The zero-order valence-corrected chi connectivity index (χ0v) is 12.6. The zero-order valence-electron chi connectivity index (χ0n) is 12.6. The molecule has 1 unspecified atom stereocenters. The Bertz CT molecular complexity index is 190. The lowest BCUT2D eigenvalue weighted by Crippen LogP contribution is -2.35. The van der Waals surface area contributed by atoms with Crippen molar-refractivity contribution in [3.05, 3.63) is 12.2 Å². The van der Waals surface area contributed by atoms with Gasteiger partial charge in [0.05, 0.1) is 0 Å². The van der Waals surface area contributed by atoms with E-state index in [9.17, 15) is 0 Å². The average molecular weight is 254 g/mol. The van der Waals surface area contributed by atoms with Crippen LogP contribution in [0.3, 0.4) is 0 Å². The van der Waals surface area contributed by atoms with Crippen LogP contribution < -0.4 is 11.3 Å². The van der Waals surface area contributed by atoms with Gasteiger partial charge >= 0.3 is 0 Å². The van der Waals surface area contributed by atoms with Gasteiger partial charge in [-0.05, 0) is 19.8 Å². The molecule has 0 radical (unpaired) electrons. The van der Waals surface area contributed by atoms with Crippen LogP contribution in [0.2, 0.25) is 0 Å². The van der Waals surface area contributed by atoms with E-state index < -0.39 is 0 Å². The van der Waals surface area contributed by atoms with E-state index in [2.05, 4.69) is 25.9 Å². The van der Waals surface area contributed by atoms with Crippen molar-refractivity contribution >= 4 is 0 Å². The first-order chi connectivity index (χ1) is 8.70. The second-order valence-corrected chi connectivity index (χ2v) is 5.64. The molecule has 0 aliphatic carbocycles. The molecule has 108 valence electrons. The standard InChI is InChI=1S/C16H34N2/c1-4-5-6-7-8-9-10-11-12-13-16(18-17)14-15(2)3/h16,18H,2,4-14,17H2,1,3H3. The Hall–Kier alpha value is -0.340. The number of hydrazine groups is 1. The molecule has 0 aliphatic heterocycles. The predicted molar refractivity (Wildman–Crippen MR) is 82.4 cm³/mol. The van der Waals surface area contributed by atoms with Crippen LogP contribution >= 0.6 is 0 Å². The molecule has 0 fully saturated rings. The van der Waals surface area contributed by atoms with Crippen molar-refractivity contribution in [3.8, 4) is 0 Å². The van der Waals surface area contributed by atoms with E-state index in [0.717, 1.165) is 6.42 Å². The van der Waals surface area contributed by atoms with Crippen LogP contribution in [0.1, 0.15) is 84.5 Å². The van der Waals surface area contributed by atoms with Gasteiger partial charge in [0.1, 0.15) is 0 Å². The minimum atomic E-state index is 0.423. The third kappa shape index (κ3) is 12.1. The SMILES string of the molecule is C=C(C)CC(CCCCCCCCCCC)NN. The number of hydrogen-bond acceptors (Lipinski definition) is 2. The summed E-state index contributed by atoms with van der Waals surface area (Å²) < 4.78 is 0. The highest BCUT2D eigenvalue weighted by molar-refractivity contribution is 4.92. The normalized spacial score (nSPS) is 12.6. The van der Waals surface area contributed by atoms with Crippen molar-refractivity contribution in [1.29, 1.82) is 0 Å². The quantitative estimate of drug-likeness (QED) is 0.216. The van der Waals surface area contributed by atoms with Crippen LogP contribution in [-0.2, 0) is 0 Å². The molecule has 3 N–H and O–H groups in total. The van der Waals surface area contributed by atoms with Crippen LogP contribution in [0.25, 0.3) is 0 Å². The Morgan fingerprint density at radius 3 is 1.94 bits per heavy atom. The Labute approximate surface area is 114 Å². The molecule has 0 aliphatic rings. The average Bonchev–Trinajstić information content (AvgIpc) is 2.35. The van der Waals surface area contributed by atoms with E-state index in [1.807, 2.05) is 0 Å². The van der Waals surface area contributed by atoms with Gasteiger partial charge in [0, 0.05) is 6.04 Å². The highest BCUT2D eigenvalue weighted by Gasteiger charge is 2.05. The molecule has 0 heterocycles. The molecule has 18 heavy (non-hydrogen) atoms. The largest absolute Gasteiger partial charge is 0.271 e.